The lowest BCUT2D eigenvalue weighted by molar-refractivity contribution is -0.145. The Morgan fingerprint density at radius 1 is 1.37 bits per heavy atom. The van der Waals surface area contributed by atoms with Crippen LogP contribution in [-0.2, 0) is 28.9 Å². The molecule has 19 heavy (non-hydrogen) atoms. The van der Waals surface area contributed by atoms with Crippen molar-refractivity contribution in [2.45, 2.75) is 53.0 Å². The highest BCUT2D eigenvalue weighted by Crippen LogP contribution is 2.24. The van der Waals surface area contributed by atoms with Crippen LogP contribution >= 0.6 is 0 Å². The van der Waals surface area contributed by atoms with Crippen molar-refractivity contribution < 1.29 is 9.53 Å². The van der Waals surface area contributed by atoms with Gasteiger partial charge in [-0.05, 0) is 18.3 Å². The van der Waals surface area contributed by atoms with Crippen molar-refractivity contribution in [1.29, 1.82) is 0 Å². The second-order valence-electron chi connectivity index (χ2n) is 6.47. The average Bonchev–Trinajstić information content (AvgIpc) is 2.58. The van der Waals surface area contributed by atoms with Gasteiger partial charge in [0.25, 0.3) is 0 Å². The van der Waals surface area contributed by atoms with Gasteiger partial charge < -0.3 is 9.30 Å². The van der Waals surface area contributed by atoms with Crippen molar-refractivity contribution >= 4 is 5.97 Å². The van der Waals surface area contributed by atoms with Gasteiger partial charge in [0, 0.05) is 19.4 Å². The SMILES string of the molecule is COC(=O)C1CCc2nnc(CC(C)(C)C)n2CC1. The zero-order valence-corrected chi connectivity index (χ0v) is 12.3. The number of aromatic nitrogens is 3. The molecule has 2 rings (SSSR count). The topological polar surface area (TPSA) is 57.0 Å². The molecule has 0 spiro atoms. The van der Waals surface area contributed by atoms with E-state index in [2.05, 4.69) is 35.5 Å². The minimum absolute atomic E-state index is 0.00538. The number of carbonyl (C=O) groups excluding carboxylic acids is 1. The quantitative estimate of drug-likeness (QED) is 0.767. The molecule has 1 aromatic rings. The fourth-order valence-electron chi connectivity index (χ4n) is 2.56. The highest BCUT2D eigenvalue weighted by Gasteiger charge is 2.26. The van der Waals surface area contributed by atoms with Gasteiger partial charge in [0.1, 0.15) is 11.6 Å². The summed E-state index contributed by atoms with van der Waals surface area (Å²) >= 11 is 0. The molecule has 5 heteroatoms. The van der Waals surface area contributed by atoms with Gasteiger partial charge in [-0.15, -0.1) is 10.2 Å². The van der Waals surface area contributed by atoms with E-state index < -0.39 is 0 Å². The van der Waals surface area contributed by atoms with E-state index in [9.17, 15) is 4.79 Å². The van der Waals surface area contributed by atoms with Crippen LogP contribution in [-0.4, -0.2) is 27.8 Å². The highest BCUT2D eigenvalue weighted by atomic mass is 16.5. The number of rotatable bonds is 2. The van der Waals surface area contributed by atoms with Crippen molar-refractivity contribution in [3.63, 3.8) is 0 Å². The van der Waals surface area contributed by atoms with Crippen molar-refractivity contribution in [3.8, 4) is 0 Å². The van der Waals surface area contributed by atoms with Gasteiger partial charge in [-0.3, -0.25) is 4.79 Å². The summed E-state index contributed by atoms with van der Waals surface area (Å²) in [5.74, 6) is 1.93. The van der Waals surface area contributed by atoms with Gasteiger partial charge in [-0.2, -0.15) is 0 Å². The second-order valence-corrected chi connectivity index (χ2v) is 6.47. The molecule has 1 aromatic heterocycles. The number of methoxy groups -OCH3 is 1. The molecular weight excluding hydrogens is 242 g/mol. The lowest BCUT2D eigenvalue weighted by atomic mass is 9.92. The smallest absolute Gasteiger partial charge is 0.308 e. The number of esters is 1. The Bertz CT molecular complexity index is 460. The zero-order chi connectivity index (χ0) is 14.0. The third-order valence-corrected chi connectivity index (χ3v) is 3.54. The van der Waals surface area contributed by atoms with Crippen LogP contribution in [0.4, 0.5) is 0 Å². The van der Waals surface area contributed by atoms with Crippen LogP contribution in [0, 0.1) is 11.3 Å². The molecule has 0 bridgehead atoms. The van der Waals surface area contributed by atoms with Crippen LogP contribution in [0.25, 0.3) is 0 Å². The van der Waals surface area contributed by atoms with Gasteiger partial charge in [0.2, 0.25) is 0 Å². The van der Waals surface area contributed by atoms with E-state index in [1.165, 1.54) is 7.11 Å². The largest absolute Gasteiger partial charge is 0.469 e. The Morgan fingerprint density at radius 3 is 2.74 bits per heavy atom. The minimum Gasteiger partial charge on any atom is -0.469 e. The number of hydrogen-bond donors (Lipinski definition) is 0. The Kier molecular flexibility index (Phi) is 3.92. The van der Waals surface area contributed by atoms with Crippen LogP contribution in [0.5, 0.6) is 0 Å². The highest BCUT2D eigenvalue weighted by molar-refractivity contribution is 5.72. The van der Waals surface area contributed by atoms with Crippen LogP contribution in [0.15, 0.2) is 0 Å². The third kappa shape index (κ3) is 3.33. The summed E-state index contributed by atoms with van der Waals surface area (Å²) in [6, 6.07) is 0. The predicted molar refractivity (Wildman–Crippen MR) is 71.6 cm³/mol. The standard InChI is InChI=1S/C14H23N3O2/c1-14(2,3)9-12-16-15-11-6-5-10(13(18)19-4)7-8-17(11)12/h10H,5-9H2,1-4H3. The molecule has 0 aromatic carbocycles. The monoisotopic (exact) mass is 265 g/mol. The van der Waals surface area contributed by atoms with Gasteiger partial charge >= 0.3 is 5.97 Å². The Labute approximate surface area is 114 Å². The van der Waals surface area contributed by atoms with Gasteiger partial charge in [0.15, 0.2) is 0 Å². The maximum absolute atomic E-state index is 11.6. The van der Waals surface area contributed by atoms with E-state index in [4.69, 9.17) is 4.74 Å². The molecular formula is C14H23N3O2. The fraction of sp³-hybridized carbons (Fsp3) is 0.786. The predicted octanol–water partition coefficient (Wildman–Crippen LogP) is 1.99. The average molecular weight is 265 g/mol. The van der Waals surface area contributed by atoms with Gasteiger partial charge in [-0.1, -0.05) is 20.8 Å². The summed E-state index contributed by atoms with van der Waals surface area (Å²) in [6.45, 7) is 7.40. The van der Waals surface area contributed by atoms with Crippen LogP contribution in [0.2, 0.25) is 0 Å². The molecule has 2 heterocycles. The number of nitrogens with zero attached hydrogens (tertiary/aromatic N) is 3. The van der Waals surface area contributed by atoms with E-state index >= 15 is 0 Å². The first-order valence-electron chi connectivity index (χ1n) is 6.89. The van der Waals surface area contributed by atoms with Crippen LogP contribution in [0.3, 0.4) is 0 Å². The number of carbonyl (C=O) groups is 1. The molecule has 0 radical (unpaired) electrons. The lowest BCUT2D eigenvalue weighted by Crippen LogP contribution is -2.18. The second kappa shape index (κ2) is 5.31. The molecule has 0 saturated carbocycles. The Morgan fingerprint density at radius 2 is 2.11 bits per heavy atom. The van der Waals surface area contributed by atoms with Crippen molar-refractivity contribution in [2.24, 2.45) is 11.3 Å². The summed E-state index contributed by atoms with van der Waals surface area (Å²) in [6.07, 6.45) is 3.33. The number of hydrogen-bond acceptors (Lipinski definition) is 4. The molecule has 1 unspecified atom stereocenters. The van der Waals surface area contributed by atoms with E-state index in [1.807, 2.05) is 0 Å². The molecule has 0 fully saturated rings. The number of ether oxygens (including phenoxy) is 1. The maximum Gasteiger partial charge on any atom is 0.308 e. The van der Waals surface area contributed by atoms with Crippen molar-refractivity contribution in [1.82, 2.24) is 14.8 Å². The van der Waals surface area contributed by atoms with Crippen molar-refractivity contribution in [3.05, 3.63) is 11.6 Å². The number of aryl methyl sites for hydroxylation is 1. The summed E-state index contributed by atoms with van der Waals surface area (Å²) in [5.41, 5.74) is 0.192. The zero-order valence-electron chi connectivity index (χ0n) is 12.3. The number of fused-ring (bicyclic) bond motifs is 1. The van der Waals surface area contributed by atoms with E-state index in [0.29, 0.717) is 0 Å². The summed E-state index contributed by atoms with van der Waals surface area (Å²) in [7, 11) is 1.46. The van der Waals surface area contributed by atoms with Gasteiger partial charge in [-0.25, -0.2) is 0 Å². The first kappa shape index (κ1) is 14.0. The van der Waals surface area contributed by atoms with Crippen LogP contribution < -0.4 is 0 Å². The first-order valence-corrected chi connectivity index (χ1v) is 6.89. The molecule has 5 nitrogen and oxygen atoms in total. The Balaban J connectivity index is 2.13. The van der Waals surface area contributed by atoms with E-state index in [0.717, 1.165) is 43.9 Å². The molecule has 1 aliphatic rings. The molecule has 0 saturated heterocycles. The summed E-state index contributed by atoms with van der Waals surface area (Å²) in [4.78, 5) is 11.6. The molecule has 0 N–H and O–H groups in total. The van der Waals surface area contributed by atoms with E-state index in [-0.39, 0.29) is 17.3 Å². The fourth-order valence-corrected chi connectivity index (χ4v) is 2.56. The normalized spacial score (nSPS) is 19.7. The third-order valence-electron chi connectivity index (χ3n) is 3.54. The first-order chi connectivity index (χ1) is 8.90. The summed E-state index contributed by atoms with van der Waals surface area (Å²) in [5, 5.41) is 8.59. The molecule has 0 amide bonds. The molecule has 1 aliphatic heterocycles. The van der Waals surface area contributed by atoms with E-state index in [1.54, 1.807) is 0 Å². The van der Waals surface area contributed by atoms with Crippen LogP contribution in [0.1, 0.15) is 45.3 Å². The lowest BCUT2D eigenvalue weighted by Gasteiger charge is -2.18. The summed E-state index contributed by atoms with van der Waals surface area (Å²) < 4.78 is 7.04. The maximum atomic E-state index is 11.6. The van der Waals surface area contributed by atoms with Crippen molar-refractivity contribution in [2.75, 3.05) is 7.11 Å². The molecule has 1 atom stereocenters. The van der Waals surface area contributed by atoms with Gasteiger partial charge in [0.05, 0.1) is 13.0 Å². The minimum atomic E-state index is -0.101. The molecule has 106 valence electrons. The molecule has 0 aliphatic carbocycles. The Hall–Kier alpha value is -1.39.